The maximum Gasteiger partial charge on any atom is 0.227 e. The molecule has 6 nitrogen and oxygen atoms in total. The Labute approximate surface area is 112 Å². The molecular weight excluding hydrogens is 246 g/mol. The Hall–Kier alpha value is -0.980. The summed E-state index contributed by atoms with van der Waals surface area (Å²) in [5.74, 6) is 2.02. The highest BCUT2D eigenvalue weighted by Crippen LogP contribution is 2.32. The van der Waals surface area contributed by atoms with Crippen LogP contribution in [0.3, 0.4) is 0 Å². The van der Waals surface area contributed by atoms with Crippen molar-refractivity contribution >= 4 is 0 Å². The minimum atomic E-state index is -0.0659. The molecule has 3 rings (SSSR count). The molecule has 1 aliphatic heterocycles. The first-order valence-electron chi connectivity index (χ1n) is 7.11. The van der Waals surface area contributed by atoms with Gasteiger partial charge in [0.25, 0.3) is 0 Å². The predicted octanol–water partition coefficient (Wildman–Crippen LogP) is 1.09. The fourth-order valence-electron chi connectivity index (χ4n) is 2.67. The third-order valence-electron chi connectivity index (χ3n) is 3.76. The molecule has 1 saturated heterocycles. The lowest BCUT2D eigenvalue weighted by molar-refractivity contribution is -0.0258. The van der Waals surface area contributed by atoms with Gasteiger partial charge in [0.1, 0.15) is 6.10 Å². The Bertz CT molecular complexity index is 398. The summed E-state index contributed by atoms with van der Waals surface area (Å²) in [7, 11) is 0. The zero-order valence-electron chi connectivity index (χ0n) is 11.3. The summed E-state index contributed by atoms with van der Waals surface area (Å²) in [6.45, 7) is 5.19. The van der Waals surface area contributed by atoms with Gasteiger partial charge < -0.3 is 19.3 Å². The maximum absolute atomic E-state index is 5.60. The topological polar surface area (TPSA) is 69.4 Å². The number of morpholine rings is 1. The lowest BCUT2D eigenvalue weighted by Crippen LogP contribution is -2.34. The highest BCUT2D eigenvalue weighted by molar-refractivity contribution is 4.96. The van der Waals surface area contributed by atoms with E-state index >= 15 is 0 Å². The zero-order chi connectivity index (χ0) is 13.1. The smallest absolute Gasteiger partial charge is 0.227 e. The first-order valence-corrected chi connectivity index (χ1v) is 7.11. The van der Waals surface area contributed by atoms with E-state index in [4.69, 9.17) is 14.0 Å². The lowest BCUT2D eigenvalue weighted by Gasteiger charge is -2.33. The summed E-state index contributed by atoms with van der Waals surface area (Å²) in [6.07, 6.45) is 3.43. The molecule has 1 unspecified atom stereocenters. The van der Waals surface area contributed by atoms with Crippen LogP contribution < -0.4 is 5.32 Å². The molecule has 0 radical (unpaired) electrons. The van der Waals surface area contributed by atoms with Crippen molar-refractivity contribution in [3.8, 4) is 0 Å². The van der Waals surface area contributed by atoms with Crippen LogP contribution in [0, 0.1) is 5.92 Å². The fourth-order valence-corrected chi connectivity index (χ4v) is 2.67. The first-order chi connectivity index (χ1) is 9.35. The summed E-state index contributed by atoms with van der Waals surface area (Å²) in [4.78, 5) is 4.44. The molecule has 1 N–H and O–H groups in total. The molecule has 1 aromatic heterocycles. The predicted molar refractivity (Wildman–Crippen MR) is 67.7 cm³/mol. The highest BCUT2D eigenvalue weighted by Gasteiger charge is 2.31. The van der Waals surface area contributed by atoms with Crippen LogP contribution in [-0.2, 0) is 15.9 Å². The second-order valence-electron chi connectivity index (χ2n) is 5.23. The third kappa shape index (κ3) is 3.13. The number of aromatic nitrogens is 2. The van der Waals surface area contributed by atoms with Crippen LogP contribution >= 0.6 is 0 Å². The first kappa shape index (κ1) is 13.0. The van der Waals surface area contributed by atoms with Gasteiger partial charge in [-0.3, -0.25) is 0 Å². The van der Waals surface area contributed by atoms with Gasteiger partial charge in [-0.15, -0.1) is 0 Å². The average molecular weight is 267 g/mol. The maximum atomic E-state index is 5.60. The van der Waals surface area contributed by atoms with E-state index in [0.717, 1.165) is 44.8 Å². The Morgan fingerprint density at radius 2 is 2.32 bits per heavy atom. The summed E-state index contributed by atoms with van der Waals surface area (Å²) >= 11 is 0. The molecule has 0 aromatic carbocycles. The van der Waals surface area contributed by atoms with Gasteiger partial charge in [0.05, 0.1) is 12.7 Å². The molecule has 0 bridgehead atoms. The van der Waals surface area contributed by atoms with E-state index in [0.29, 0.717) is 24.5 Å². The van der Waals surface area contributed by atoms with Gasteiger partial charge in [-0.1, -0.05) is 5.16 Å². The standard InChI is InChI=1S/C13H21N3O3/c1-2-17-10-5-9(6-10)7-12-15-13(16-19-12)11-8-14-3-4-18-11/h9-11,14H,2-8H2,1H3. The van der Waals surface area contributed by atoms with Crippen molar-refractivity contribution in [2.45, 2.75) is 38.4 Å². The Morgan fingerprint density at radius 3 is 3.05 bits per heavy atom. The highest BCUT2D eigenvalue weighted by atomic mass is 16.5. The molecule has 1 saturated carbocycles. The van der Waals surface area contributed by atoms with Crippen LogP contribution in [0.15, 0.2) is 4.52 Å². The average Bonchev–Trinajstić information content (AvgIpc) is 2.86. The molecule has 2 aliphatic rings. The van der Waals surface area contributed by atoms with Crippen molar-refractivity contribution in [2.24, 2.45) is 5.92 Å². The van der Waals surface area contributed by atoms with Crippen molar-refractivity contribution in [3.05, 3.63) is 11.7 Å². The number of rotatable bonds is 5. The second kappa shape index (κ2) is 5.98. The van der Waals surface area contributed by atoms with Gasteiger partial charge in [-0.05, 0) is 25.7 Å². The third-order valence-corrected chi connectivity index (χ3v) is 3.76. The Balaban J connectivity index is 1.48. The van der Waals surface area contributed by atoms with Crippen LogP contribution in [0.4, 0.5) is 0 Å². The second-order valence-corrected chi connectivity index (χ2v) is 5.23. The molecule has 19 heavy (non-hydrogen) atoms. The van der Waals surface area contributed by atoms with E-state index in [9.17, 15) is 0 Å². The van der Waals surface area contributed by atoms with E-state index < -0.39 is 0 Å². The van der Waals surface area contributed by atoms with Gasteiger partial charge in [0, 0.05) is 26.1 Å². The number of nitrogens with zero attached hydrogens (tertiary/aromatic N) is 2. The van der Waals surface area contributed by atoms with Gasteiger partial charge in [-0.25, -0.2) is 0 Å². The summed E-state index contributed by atoms with van der Waals surface area (Å²) in [5.41, 5.74) is 0. The minimum absolute atomic E-state index is 0.0659. The Morgan fingerprint density at radius 1 is 1.42 bits per heavy atom. The quantitative estimate of drug-likeness (QED) is 0.861. The van der Waals surface area contributed by atoms with Crippen molar-refractivity contribution in [3.63, 3.8) is 0 Å². The van der Waals surface area contributed by atoms with Crippen LogP contribution in [-0.4, -0.2) is 42.5 Å². The normalized spacial score (nSPS) is 31.1. The van der Waals surface area contributed by atoms with Gasteiger partial charge in [0.2, 0.25) is 11.7 Å². The number of ether oxygens (including phenoxy) is 2. The Kier molecular flexibility index (Phi) is 4.10. The molecule has 106 valence electrons. The van der Waals surface area contributed by atoms with Crippen LogP contribution in [0.25, 0.3) is 0 Å². The van der Waals surface area contributed by atoms with Crippen molar-refractivity contribution in [2.75, 3.05) is 26.3 Å². The van der Waals surface area contributed by atoms with Gasteiger partial charge >= 0.3 is 0 Å². The molecule has 0 amide bonds. The molecule has 6 heteroatoms. The summed E-state index contributed by atoms with van der Waals surface area (Å²) in [6, 6.07) is 0. The van der Waals surface area contributed by atoms with Gasteiger partial charge in [0.15, 0.2) is 0 Å². The zero-order valence-corrected chi connectivity index (χ0v) is 11.3. The van der Waals surface area contributed by atoms with Crippen LogP contribution in [0.2, 0.25) is 0 Å². The van der Waals surface area contributed by atoms with E-state index in [1.54, 1.807) is 0 Å². The summed E-state index contributed by atoms with van der Waals surface area (Å²) in [5, 5.41) is 7.29. The molecule has 1 atom stereocenters. The minimum Gasteiger partial charge on any atom is -0.378 e. The molecule has 2 fully saturated rings. The number of hydrogen-bond donors (Lipinski definition) is 1. The number of hydrogen-bond acceptors (Lipinski definition) is 6. The monoisotopic (exact) mass is 267 g/mol. The lowest BCUT2D eigenvalue weighted by atomic mass is 9.80. The largest absolute Gasteiger partial charge is 0.378 e. The van der Waals surface area contributed by atoms with E-state index in [1.807, 2.05) is 6.92 Å². The van der Waals surface area contributed by atoms with Crippen molar-refractivity contribution in [1.82, 2.24) is 15.5 Å². The van der Waals surface area contributed by atoms with Crippen molar-refractivity contribution in [1.29, 1.82) is 0 Å². The van der Waals surface area contributed by atoms with E-state index in [1.165, 1.54) is 0 Å². The van der Waals surface area contributed by atoms with E-state index in [2.05, 4.69) is 15.5 Å². The molecular formula is C13H21N3O3. The molecule has 1 aliphatic carbocycles. The van der Waals surface area contributed by atoms with Crippen LogP contribution in [0.5, 0.6) is 0 Å². The van der Waals surface area contributed by atoms with Gasteiger partial charge in [-0.2, -0.15) is 4.98 Å². The summed E-state index contributed by atoms with van der Waals surface area (Å²) < 4.78 is 16.5. The number of nitrogens with one attached hydrogen (secondary N) is 1. The van der Waals surface area contributed by atoms with Crippen LogP contribution in [0.1, 0.15) is 37.6 Å². The van der Waals surface area contributed by atoms with E-state index in [-0.39, 0.29) is 6.10 Å². The van der Waals surface area contributed by atoms with Crippen molar-refractivity contribution < 1.29 is 14.0 Å². The SMILES string of the molecule is CCOC1CC(Cc2nc(C3CNCCO3)no2)C1. The molecule has 1 aromatic rings. The fraction of sp³-hybridized carbons (Fsp3) is 0.846. The molecule has 2 heterocycles. The molecule has 0 spiro atoms.